The van der Waals surface area contributed by atoms with Gasteiger partial charge in [0.2, 0.25) is 0 Å². The molecule has 5 heteroatoms. The van der Waals surface area contributed by atoms with E-state index in [4.69, 9.17) is 19.7 Å². The predicted octanol–water partition coefficient (Wildman–Crippen LogP) is -0.185. The highest BCUT2D eigenvalue weighted by atomic mass is 16.7. The minimum Gasteiger partial charge on any atom is -0.394 e. The molecule has 2 atom stereocenters. The van der Waals surface area contributed by atoms with E-state index in [1.54, 1.807) is 0 Å². The third-order valence-electron chi connectivity index (χ3n) is 2.79. The maximum Gasteiger partial charge on any atom is 0.184 e. The Morgan fingerprint density at radius 3 is 1.94 bits per heavy atom. The monoisotopic (exact) mass is 240 g/mol. The summed E-state index contributed by atoms with van der Waals surface area (Å²) in [5.74, 6) is 0. The molecular weight excluding hydrogens is 224 g/mol. The van der Waals surface area contributed by atoms with Crippen LogP contribution in [0.15, 0.2) is 30.3 Å². The van der Waals surface area contributed by atoms with E-state index >= 15 is 0 Å². The lowest BCUT2D eigenvalue weighted by atomic mass is 10.1. The summed E-state index contributed by atoms with van der Waals surface area (Å²) in [6, 6.07) is 9.20. The van der Waals surface area contributed by atoms with E-state index in [2.05, 4.69) is 0 Å². The number of aliphatic hydroxyl groups is 3. The lowest BCUT2D eigenvalue weighted by Gasteiger charge is -2.38. The maximum absolute atomic E-state index is 9.72. The normalized spacial score (nSPS) is 33.6. The largest absolute Gasteiger partial charge is 0.394 e. The second-order valence-corrected chi connectivity index (χ2v) is 3.95. The smallest absolute Gasteiger partial charge is 0.184 e. The lowest BCUT2D eigenvalue weighted by Crippen LogP contribution is -2.50. The van der Waals surface area contributed by atoms with Crippen LogP contribution in [0.2, 0.25) is 0 Å². The van der Waals surface area contributed by atoms with Gasteiger partial charge in [-0.15, -0.1) is 0 Å². The van der Waals surface area contributed by atoms with E-state index in [0.29, 0.717) is 0 Å². The van der Waals surface area contributed by atoms with E-state index in [1.165, 1.54) is 0 Å². The second-order valence-electron chi connectivity index (χ2n) is 3.95. The number of aliphatic hydroxyl groups excluding tert-OH is 3. The predicted molar refractivity (Wildman–Crippen MR) is 59.1 cm³/mol. The molecule has 0 radical (unpaired) electrons. The van der Waals surface area contributed by atoms with Gasteiger partial charge in [0, 0.05) is 5.56 Å². The zero-order valence-corrected chi connectivity index (χ0v) is 9.27. The molecule has 0 unspecified atom stereocenters. The Kier molecular flexibility index (Phi) is 4.09. The average Bonchev–Trinajstić information content (AvgIpc) is 2.40. The number of hydrogen-bond acceptors (Lipinski definition) is 5. The summed E-state index contributed by atoms with van der Waals surface area (Å²) >= 11 is 0. The number of benzene rings is 1. The van der Waals surface area contributed by atoms with Crippen molar-refractivity contribution in [2.24, 2.45) is 0 Å². The van der Waals surface area contributed by atoms with Crippen LogP contribution >= 0.6 is 0 Å². The molecule has 0 amide bonds. The Morgan fingerprint density at radius 1 is 0.941 bits per heavy atom. The van der Waals surface area contributed by atoms with E-state index in [-0.39, 0.29) is 13.2 Å². The van der Waals surface area contributed by atoms with Crippen molar-refractivity contribution in [3.63, 3.8) is 0 Å². The van der Waals surface area contributed by atoms with Crippen LogP contribution in [-0.4, -0.2) is 46.8 Å². The van der Waals surface area contributed by atoms with Crippen molar-refractivity contribution in [1.29, 1.82) is 0 Å². The van der Waals surface area contributed by atoms with Crippen molar-refractivity contribution in [2.45, 2.75) is 24.6 Å². The molecule has 94 valence electrons. The van der Waals surface area contributed by atoms with Crippen molar-refractivity contribution < 1.29 is 24.8 Å². The fraction of sp³-hybridized carbons (Fsp3) is 0.500. The zero-order valence-electron chi connectivity index (χ0n) is 9.27. The van der Waals surface area contributed by atoms with Crippen molar-refractivity contribution in [3.05, 3.63) is 35.9 Å². The minimum absolute atomic E-state index is 0.315. The first-order valence-electron chi connectivity index (χ1n) is 5.52. The van der Waals surface area contributed by atoms with Crippen molar-refractivity contribution >= 4 is 0 Å². The molecule has 1 aliphatic heterocycles. The molecule has 1 fully saturated rings. The standard InChI is InChI=1S/C12H16O5/c13-6-9-11(15)10(7-14)17-12(16-9)8-4-2-1-3-5-8/h1-5,9-15H,6-7H2/t9-,10-,11?,12?/m1/s1. The first kappa shape index (κ1) is 12.5. The third-order valence-corrected chi connectivity index (χ3v) is 2.79. The molecule has 0 spiro atoms. The molecule has 17 heavy (non-hydrogen) atoms. The molecular formula is C12H16O5. The van der Waals surface area contributed by atoms with Gasteiger partial charge in [0.15, 0.2) is 6.29 Å². The summed E-state index contributed by atoms with van der Waals surface area (Å²) in [6.07, 6.45) is -3.18. The van der Waals surface area contributed by atoms with Crippen molar-refractivity contribution in [2.75, 3.05) is 13.2 Å². The van der Waals surface area contributed by atoms with E-state index in [9.17, 15) is 5.11 Å². The molecule has 1 heterocycles. The first-order chi connectivity index (χ1) is 8.26. The quantitative estimate of drug-likeness (QED) is 0.682. The zero-order chi connectivity index (χ0) is 12.3. The van der Waals surface area contributed by atoms with Crippen LogP contribution in [0.1, 0.15) is 11.9 Å². The summed E-state index contributed by atoms with van der Waals surface area (Å²) in [6.45, 7) is -0.630. The Balaban J connectivity index is 2.15. The second kappa shape index (κ2) is 5.57. The van der Waals surface area contributed by atoms with Crippen molar-refractivity contribution in [3.8, 4) is 0 Å². The van der Waals surface area contributed by atoms with Crippen LogP contribution in [0.4, 0.5) is 0 Å². The Labute approximate surface area is 99.2 Å². The molecule has 0 aliphatic carbocycles. The Bertz CT molecular complexity index is 328. The SMILES string of the molecule is OC[C@H]1OC(c2ccccc2)O[C@H](CO)C1O. The van der Waals surface area contributed by atoms with Crippen LogP contribution in [-0.2, 0) is 9.47 Å². The summed E-state index contributed by atoms with van der Waals surface area (Å²) < 4.78 is 10.9. The first-order valence-corrected chi connectivity index (χ1v) is 5.52. The number of ether oxygens (including phenoxy) is 2. The molecule has 5 nitrogen and oxygen atoms in total. The lowest BCUT2D eigenvalue weighted by molar-refractivity contribution is -0.298. The van der Waals surface area contributed by atoms with Crippen LogP contribution in [0.3, 0.4) is 0 Å². The van der Waals surface area contributed by atoms with Crippen molar-refractivity contribution in [1.82, 2.24) is 0 Å². The number of rotatable bonds is 3. The van der Waals surface area contributed by atoms with Gasteiger partial charge in [-0.2, -0.15) is 0 Å². The van der Waals surface area contributed by atoms with Gasteiger partial charge < -0.3 is 24.8 Å². The summed E-state index contributed by atoms with van der Waals surface area (Å²) in [4.78, 5) is 0. The van der Waals surface area contributed by atoms with Gasteiger partial charge in [0.25, 0.3) is 0 Å². The minimum atomic E-state index is -1.02. The van der Waals surface area contributed by atoms with E-state index in [0.717, 1.165) is 5.56 Å². The molecule has 1 saturated heterocycles. The van der Waals surface area contributed by atoms with E-state index in [1.807, 2.05) is 30.3 Å². The van der Waals surface area contributed by atoms with Crippen LogP contribution in [0, 0.1) is 0 Å². The average molecular weight is 240 g/mol. The molecule has 1 aromatic carbocycles. The summed E-state index contributed by atoms with van der Waals surface area (Å²) in [7, 11) is 0. The number of hydrogen-bond donors (Lipinski definition) is 3. The molecule has 3 N–H and O–H groups in total. The molecule has 0 bridgehead atoms. The topological polar surface area (TPSA) is 79.2 Å². The van der Waals surface area contributed by atoms with Gasteiger partial charge in [-0.1, -0.05) is 30.3 Å². The summed E-state index contributed by atoms with van der Waals surface area (Å²) in [5.41, 5.74) is 0.788. The van der Waals surface area contributed by atoms with Gasteiger partial charge >= 0.3 is 0 Å². The fourth-order valence-electron chi connectivity index (χ4n) is 1.82. The molecule has 2 rings (SSSR count). The highest BCUT2D eigenvalue weighted by molar-refractivity contribution is 5.16. The summed E-state index contributed by atoms with van der Waals surface area (Å²) in [5, 5.41) is 28.0. The Morgan fingerprint density at radius 2 is 1.47 bits per heavy atom. The Hall–Kier alpha value is -0.980. The van der Waals surface area contributed by atoms with Crippen LogP contribution in [0.5, 0.6) is 0 Å². The van der Waals surface area contributed by atoms with Crippen LogP contribution < -0.4 is 0 Å². The van der Waals surface area contributed by atoms with Gasteiger partial charge in [0.05, 0.1) is 13.2 Å². The molecule has 1 aliphatic rings. The molecule has 0 saturated carbocycles. The van der Waals surface area contributed by atoms with E-state index < -0.39 is 24.6 Å². The van der Waals surface area contributed by atoms with Gasteiger partial charge in [-0.25, -0.2) is 0 Å². The van der Waals surface area contributed by atoms with Gasteiger partial charge in [-0.05, 0) is 0 Å². The maximum atomic E-state index is 9.72. The van der Waals surface area contributed by atoms with Crippen LogP contribution in [0.25, 0.3) is 0 Å². The van der Waals surface area contributed by atoms with Gasteiger partial charge in [0.1, 0.15) is 18.3 Å². The highest BCUT2D eigenvalue weighted by Gasteiger charge is 2.38. The molecule has 0 aromatic heterocycles. The third kappa shape index (κ3) is 2.65. The highest BCUT2D eigenvalue weighted by Crippen LogP contribution is 2.29. The molecule has 1 aromatic rings. The fourth-order valence-corrected chi connectivity index (χ4v) is 1.82. The van der Waals surface area contributed by atoms with Gasteiger partial charge in [-0.3, -0.25) is 0 Å².